The number of aromatic nitrogens is 2. The van der Waals surface area contributed by atoms with Crippen LogP contribution in [-0.4, -0.2) is 63.9 Å². The molecule has 1 amide bonds. The van der Waals surface area contributed by atoms with Gasteiger partial charge in [-0.25, -0.2) is 19.6 Å². The van der Waals surface area contributed by atoms with E-state index in [4.69, 9.17) is 20.2 Å². The zero-order valence-corrected chi connectivity index (χ0v) is 26.2. The van der Waals surface area contributed by atoms with Gasteiger partial charge < -0.3 is 35.1 Å². The number of amides is 1. The van der Waals surface area contributed by atoms with Crippen LogP contribution < -0.4 is 21.5 Å². The third-order valence-electron chi connectivity index (χ3n) is 9.00. The van der Waals surface area contributed by atoms with Gasteiger partial charge in [-0.2, -0.15) is 0 Å². The standard InChI is InChI=1S/C33H36N6O8/c1-3-5-6-12-38-17-35-21-8-7-9-22-27(21)29(38)18-15-39-24(28(18)37-22)13-20-19(30(39)42)16-46-32(45)33(20,4-2)47-26(41)11-10-23(31(43)44)36-25(40)14-34/h7-9,13,17,23H,3-6,10-12,14-16,34H2,1-2H3,(H,36,40)(H,43,44)/t23-,33-/m0/s1. The Labute approximate surface area is 269 Å². The number of carbonyl (C=O) groups excluding carboxylic acids is 3. The van der Waals surface area contributed by atoms with Gasteiger partial charge in [-0.3, -0.25) is 14.4 Å². The number of fused-ring (bicyclic) bond motifs is 5. The SMILES string of the molecule is CCCCCN1C=Nc2cccc3nc4c(c1c23)Cn1c-4cc2c(c1=O)COC(=O)[C@@]2(CC)OC(=O)CC[C@H](NC(=O)CN)C(=O)O. The Kier molecular flexibility index (Phi) is 8.53. The van der Waals surface area contributed by atoms with Gasteiger partial charge in [-0.1, -0.05) is 32.8 Å². The highest BCUT2D eigenvalue weighted by Gasteiger charge is 2.50. The van der Waals surface area contributed by atoms with E-state index in [1.807, 2.05) is 24.5 Å². The quantitative estimate of drug-likeness (QED) is 0.151. The van der Waals surface area contributed by atoms with E-state index >= 15 is 0 Å². The number of nitrogens with zero attached hydrogens (tertiary/aromatic N) is 4. The van der Waals surface area contributed by atoms with Crippen molar-refractivity contribution in [1.29, 1.82) is 0 Å². The second kappa shape index (κ2) is 12.6. The summed E-state index contributed by atoms with van der Waals surface area (Å²) < 4.78 is 12.8. The number of anilines is 1. The average Bonchev–Trinajstić information content (AvgIpc) is 3.43. The second-order valence-electron chi connectivity index (χ2n) is 11.8. The Morgan fingerprint density at radius 3 is 2.72 bits per heavy atom. The van der Waals surface area contributed by atoms with E-state index in [2.05, 4.69) is 22.1 Å². The Morgan fingerprint density at radius 1 is 1.19 bits per heavy atom. The van der Waals surface area contributed by atoms with E-state index in [1.54, 1.807) is 17.6 Å². The van der Waals surface area contributed by atoms with Crippen molar-refractivity contribution in [1.82, 2.24) is 14.9 Å². The van der Waals surface area contributed by atoms with Gasteiger partial charge in [0.25, 0.3) is 5.56 Å². The molecule has 4 N–H and O–H groups in total. The van der Waals surface area contributed by atoms with Crippen molar-refractivity contribution in [3.8, 4) is 11.4 Å². The lowest BCUT2D eigenvalue weighted by atomic mass is 9.85. The first-order valence-corrected chi connectivity index (χ1v) is 15.8. The number of carboxylic acids is 1. The van der Waals surface area contributed by atoms with Crippen molar-refractivity contribution in [2.24, 2.45) is 10.7 Å². The first-order chi connectivity index (χ1) is 22.6. The van der Waals surface area contributed by atoms with Gasteiger partial charge in [-0.15, -0.1) is 0 Å². The molecular weight excluding hydrogens is 608 g/mol. The number of nitrogens with two attached hydrogens (primary N) is 1. The molecule has 47 heavy (non-hydrogen) atoms. The fourth-order valence-corrected chi connectivity index (χ4v) is 6.58. The first kappa shape index (κ1) is 31.9. The number of cyclic esters (lactones) is 1. The van der Waals surface area contributed by atoms with Crippen molar-refractivity contribution in [3.05, 3.63) is 51.3 Å². The summed E-state index contributed by atoms with van der Waals surface area (Å²) in [4.78, 5) is 75.8. The molecule has 3 aliphatic heterocycles. The number of carbonyl (C=O) groups is 4. The number of aliphatic imine (C=N–C) groups is 1. The molecule has 0 spiro atoms. The van der Waals surface area contributed by atoms with Gasteiger partial charge in [0, 0.05) is 24.1 Å². The molecule has 14 nitrogen and oxygen atoms in total. The van der Waals surface area contributed by atoms with Crippen LogP contribution in [0.25, 0.3) is 22.3 Å². The van der Waals surface area contributed by atoms with Crippen LogP contribution in [0.5, 0.6) is 0 Å². The zero-order chi connectivity index (χ0) is 33.5. The normalized spacial score (nSPS) is 17.9. The lowest BCUT2D eigenvalue weighted by molar-refractivity contribution is -0.189. The molecule has 246 valence electrons. The fraction of sp³-hybridized carbons (Fsp3) is 0.424. The number of ether oxygens (including phenoxy) is 2. The first-order valence-electron chi connectivity index (χ1n) is 15.8. The second-order valence-corrected chi connectivity index (χ2v) is 11.8. The third kappa shape index (κ3) is 5.41. The number of hydrogen-bond acceptors (Lipinski definition) is 11. The maximum Gasteiger partial charge on any atom is 0.355 e. The molecule has 2 aromatic heterocycles. The number of esters is 2. The molecule has 0 fully saturated rings. The van der Waals surface area contributed by atoms with Crippen LogP contribution in [0.1, 0.15) is 69.1 Å². The molecule has 2 atom stereocenters. The largest absolute Gasteiger partial charge is 0.480 e. The summed E-state index contributed by atoms with van der Waals surface area (Å²) in [5.74, 6) is -3.78. The fourth-order valence-electron chi connectivity index (χ4n) is 6.58. The highest BCUT2D eigenvalue weighted by Crippen LogP contribution is 2.47. The Balaban J connectivity index is 1.40. The summed E-state index contributed by atoms with van der Waals surface area (Å²) in [6, 6.07) is 6.02. The zero-order valence-electron chi connectivity index (χ0n) is 26.2. The molecule has 1 aromatic carbocycles. The Morgan fingerprint density at radius 2 is 2.00 bits per heavy atom. The highest BCUT2D eigenvalue weighted by atomic mass is 16.6. The molecule has 0 radical (unpaired) electrons. The number of pyridine rings is 2. The van der Waals surface area contributed by atoms with E-state index in [0.29, 0.717) is 11.4 Å². The van der Waals surface area contributed by atoms with Crippen molar-refractivity contribution < 1.29 is 33.8 Å². The topological polar surface area (TPSA) is 196 Å². The molecule has 0 aliphatic carbocycles. The van der Waals surface area contributed by atoms with Crippen LogP contribution in [0.3, 0.4) is 0 Å². The summed E-state index contributed by atoms with van der Waals surface area (Å²) in [5.41, 5.74) is 7.75. The number of nitrogens with one attached hydrogen (secondary N) is 1. The number of aliphatic carboxylic acids is 1. The maximum atomic E-state index is 14.1. The lowest BCUT2D eigenvalue weighted by Gasteiger charge is -2.35. The summed E-state index contributed by atoms with van der Waals surface area (Å²) in [7, 11) is 0. The lowest BCUT2D eigenvalue weighted by Crippen LogP contribution is -2.48. The van der Waals surface area contributed by atoms with Gasteiger partial charge in [0.15, 0.2) is 0 Å². The monoisotopic (exact) mass is 644 g/mol. The van der Waals surface area contributed by atoms with Gasteiger partial charge in [0.05, 0.1) is 58.7 Å². The van der Waals surface area contributed by atoms with Crippen LogP contribution >= 0.6 is 0 Å². The van der Waals surface area contributed by atoms with Gasteiger partial charge in [-0.05, 0) is 37.5 Å². The summed E-state index contributed by atoms with van der Waals surface area (Å²) in [5, 5.41) is 12.6. The molecule has 0 bridgehead atoms. The van der Waals surface area contributed by atoms with Gasteiger partial charge >= 0.3 is 17.9 Å². The molecule has 3 aliphatic rings. The van der Waals surface area contributed by atoms with Crippen LogP contribution in [0.4, 0.5) is 11.4 Å². The predicted molar refractivity (Wildman–Crippen MR) is 171 cm³/mol. The number of benzene rings is 1. The molecule has 6 rings (SSSR count). The van der Waals surface area contributed by atoms with Crippen LogP contribution in [0.2, 0.25) is 0 Å². The molecule has 5 heterocycles. The predicted octanol–water partition coefficient (Wildman–Crippen LogP) is 2.61. The number of hydrogen-bond donors (Lipinski definition) is 3. The third-order valence-corrected chi connectivity index (χ3v) is 9.00. The smallest absolute Gasteiger partial charge is 0.355 e. The van der Waals surface area contributed by atoms with Crippen LogP contribution in [0.15, 0.2) is 34.1 Å². The van der Waals surface area contributed by atoms with Crippen LogP contribution in [-0.2, 0) is 47.4 Å². The van der Waals surface area contributed by atoms with Crippen molar-refractivity contribution >= 4 is 52.4 Å². The van der Waals surface area contributed by atoms with Gasteiger partial charge in [0.1, 0.15) is 12.6 Å². The van der Waals surface area contributed by atoms with Gasteiger partial charge in [0.2, 0.25) is 11.5 Å². The number of rotatable bonds is 12. The Hall–Kier alpha value is -5.11. The number of unbranched alkanes of at least 4 members (excludes halogenated alkanes) is 2. The van der Waals surface area contributed by atoms with Crippen molar-refractivity contribution in [2.75, 3.05) is 18.0 Å². The van der Waals surface area contributed by atoms with Crippen molar-refractivity contribution in [3.63, 3.8) is 0 Å². The summed E-state index contributed by atoms with van der Waals surface area (Å²) in [6.45, 7) is 4.06. The Bertz CT molecular complexity index is 1900. The minimum Gasteiger partial charge on any atom is -0.480 e. The molecule has 0 saturated carbocycles. The summed E-state index contributed by atoms with van der Waals surface area (Å²) in [6.07, 6.45) is 4.12. The van der Waals surface area contributed by atoms with E-state index in [0.717, 1.165) is 53.6 Å². The molecule has 0 unspecified atom stereocenters. The average molecular weight is 645 g/mol. The van der Waals surface area contributed by atoms with E-state index < -0.39 is 48.4 Å². The van der Waals surface area contributed by atoms with E-state index in [-0.39, 0.29) is 42.7 Å². The minimum absolute atomic E-state index is 0.0476. The van der Waals surface area contributed by atoms with E-state index in [9.17, 15) is 29.1 Å². The maximum absolute atomic E-state index is 14.1. The van der Waals surface area contributed by atoms with Crippen LogP contribution in [0, 0.1) is 0 Å². The molecular formula is C33H36N6O8. The number of carboxylic acid groups (broad SMARTS) is 1. The molecule has 3 aromatic rings. The summed E-state index contributed by atoms with van der Waals surface area (Å²) >= 11 is 0. The molecule has 0 saturated heterocycles. The van der Waals surface area contributed by atoms with E-state index in [1.165, 1.54) is 0 Å². The highest BCUT2D eigenvalue weighted by molar-refractivity contribution is 6.11. The minimum atomic E-state index is -1.95. The molecule has 14 heteroatoms. The van der Waals surface area contributed by atoms with Crippen molar-refractivity contribution in [2.45, 2.75) is 77.2 Å².